The van der Waals surface area contributed by atoms with Gasteiger partial charge in [0, 0.05) is 6.07 Å². The van der Waals surface area contributed by atoms with Gasteiger partial charge in [0.25, 0.3) is 0 Å². The van der Waals surface area contributed by atoms with Crippen LogP contribution >= 0.6 is 0 Å². The number of carbonyl (C=O) groups excluding carboxylic acids is 1. The molecule has 1 aromatic rings. The van der Waals surface area contributed by atoms with Crippen LogP contribution in [0.25, 0.3) is 0 Å². The average Bonchev–Trinajstić information content (AvgIpc) is 2.42. The lowest BCUT2D eigenvalue weighted by Gasteiger charge is -2.24. The summed E-state index contributed by atoms with van der Waals surface area (Å²) >= 11 is 0. The van der Waals surface area contributed by atoms with Crippen LogP contribution in [0.5, 0.6) is 0 Å². The molecule has 1 rings (SSSR count). The number of benzene rings is 1. The molecule has 0 aliphatic carbocycles. The molecule has 0 aromatic heterocycles. The molecule has 1 N–H and O–H groups in total. The third-order valence-electron chi connectivity index (χ3n) is 3.18. The van der Waals surface area contributed by atoms with Gasteiger partial charge in [-0.25, -0.2) is 8.78 Å². The third-order valence-corrected chi connectivity index (χ3v) is 3.18. The van der Waals surface area contributed by atoms with E-state index in [9.17, 15) is 18.8 Å². The maximum Gasteiger partial charge on any atom is 0.244 e. The first kappa shape index (κ1) is 16.1. The van der Waals surface area contributed by atoms with E-state index in [0.29, 0.717) is 25.7 Å². The predicted molar refractivity (Wildman–Crippen MR) is 72.8 cm³/mol. The Morgan fingerprint density at radius 2 is 1.90 bits per heavy atom. The zero-order valence-corrected chi connectivity index (χ0v) is 11.7. The second-order valence-electron chi connectivity index (χ2n) is 4.77. The summed E-state index contributed by atoms with van der Waals surface area (Å²) in [6.07, 6.45) is 2.10. The molecular formula is C15H18F2N2O. The van der Waals surface area contributed by atoms with E-state index in [1.807, 2.05) is 19.9 Å². The molecule has 0 saturated heterocycles. The first-order chi connectivity index (χ1) is 9.49. The number of amides is 1. The molecule has 0 radical (unpaired) electrons. The molecule has 0 bridgehead atoms. The summed E-state index contributed by atoms with van der Waals surface area (Å²) < 4.78 is 26.6. The van der Waals surface area contributed by atoms with Crippen molar-refractivity contribution in [2.24, 2.45) is 5.41 Å². The van der Waals surface area contributed by atoms with Crippen LogP contribution in [0.1, 0.15) is 39.5 Å². The van der Waals surface area contributed by atoms with Gasteiger partial charge in [0.2, 0.25) is 5.91 Å². The largest absolute Gasteiger partial charge is 0.322 e. The number of nitrogens with zero attached hydrogens (tertiary/aromatic N) is 1. The van der Waals surface area contributed by atoms with Crippen molar-refractivity contribution in [3.63, 3.8) is 0 Å². The maximum atomic E-state index is 13.5. The highest BCUT2D eigenvalue weighted by atomic mass is 19.1. The van der Waals surface area contributed by atoms with Gasteiger partial charge in [-0.05, 0) is 25.0 Å². The second kappa shape index (κ2) is 6.99. The van der Waals surface area contributed by atoms with Gasteiger partial charge >= 0.3 is 0 Å². The first-order valence-electron chi connectivity index (χ1n) is 6.67. The summed E-state index contributed by atoms with van der Waals surface area (Å²) in [5.74, 6) is -1.94. The zero-order valence-electron chi connectivity index (χ0n) is 11.7. The summed E-state index contributed by atoms with van der Waals surface area (Å²) in [6.45, 7) is 3.75. The summed E-state index contributed by atoms with van der Waals surface area (Å²) in [5, 5.41) is 11.7. The van der Waals surface area contributed by atoms with Crippen LogP contribution in [0, 0.1) is 28.4 Å². The molecule has 1 amide bonds. The highest BCUT2D eigenvalue weighted by Crippen LogP contribution is 2.31. The summed E-state index contributed by atoms with van der Waals surface area (Å²) in [4.78, 5) is 12.3. The van der Waals surface area contributed by atoms with E-state index in [0.717, 1.165) is 18.2 Å². The fraction of sp³-hybridized carbons (Fsp3) is 0.467. The number of hydrogen-bond acceptors (Lipinski definition) is 2. The Morgan fingerprint density at radius 3 is 2.40 bits per heavy atom. The van der Waals surface area contributed by atoms with Gasteiger partial charge in [-0.3, -0.25) is 4.79 Å². The minimum atomic E-state index is -1.19. The molecular weight excluding hydrogens is 262 g/mol. The fourth-order valence-corrected chi connectivity index (χ4v) is 2.20. The molecule has 0 atom stereocenters. The second-order valence-corrected chi connectivity index (χ2v) is 4.77. The van der Waals surface area contributed by atoms with Crippen LogP contribution in [0.4, 0.5) is 14.5 Å². The lowest BCUT2D eigenvalue weighted by molar-refractivity contribution is -0.123. The van der Waals surface area contributed by atoms with E-state index >= 15 is 0 Å². The highest BCUT2D eigenvalue weighted by molar-refractivity contribution is 5.97. The molecule has 108 valence electrons. The van der Waals surface area contributed by atoms with Crippen LogP contribution in [0.2, 0.25) is 0 Å². The van der Waals surface area contributed by atoms with Crippen LogP contribution in [-0.4, -0.2) is 5.91 Å². The maximum absolute atomic E-state index is 13.5. The summed E-state index contributed by atoms with van der Waals surface area (Å²) in [5.41, 5.74) is -1.43. The van der Waals surface area contributed by atoms with Gasteiger partial charge < -0.3 is 5.32 Å². The predicted octanol–water partition coefficient (Wildman–Crippen LogP) is 4.01. The topological polar surface area (TPSA) is 52.9 Å². The fourth-order valence-electron chi connectivity index (χ4n) is 2.20. The zero-order chi connectivity index (χ0) is 15.2. The molecule has 0 saturated carbocycles. The number of anilines is 1. The van der Waals surface area contributed by atoms with E-state index < -0.39 is 23.0 Å². The summed E-state index contributed by atoms with van der Waals surface area (Å²) in [6, 6.07) is 4.87. The van der Waals surface area contributed by atoms with E-state index in [4.69, 9.17) is 0 Å². The van der Waals surface area contributed by atoms with Gasteiger partial charge in [0.15, 0.2) is 0 Å². The number of rotatable bonds is 6. The Hall–Kier alpha value is -1.96. The lowest BCUT2D eigenvalue weighted by atomic mass is 9.79. The SMILES string of the molecule is CCCC(C#N)(CCC)C(=O)Nc1cc(F)ccc1F. The summed E-state index contributed by atoms with van der Waals surface area (Å²) in [7, 11) is 0. The normalized spacial score (nSPS) is 10.9. The lowest BCUT2D eigenvalue weighted by Crippen LogP contribution is -2.35. The standard InChI is InChI=1S/C15H18F2N2O/c1-3-7-15(10-18,8-4-2)14(20)19-13-9-11(16)5-6-12(13)17/h5-6,9H,3-4,7-8H2,1-2H3,(H,19,20). The van der Waals surface area contributed by atoms with Crippen molar-refractivity contribution in [1.82, 2.24) is 0 Å². The van der Waals surface area contributed by atoms with Crippen molar-refractivity contribution >= 4 is 11.6 Å². The van der Waals surface area contributed by atoms with Crippen molar-refractivity contribution in [3.05, 3.63) is 29.8 Å². The molecule has 0 aliphatic rings. The van der Waals surface area contributed by atoms with Gasteiger partial charge in [0.1, 0.15) is 17.0 Å². The molecule has 0 heterocycles. The quantitative estimate of drug-likeness (QED) is 0.855. The van der Waals surface area contributed by atoms with E-state index in [-0.39, 0.29) is 5.69 Å². The molecule has 1 aromatic carbocycles. The minimum Gasteiger partial charge on any atom is -0.322 e. The Bertz CT molecular complexity index is 517. The molecule has 3 nitrogen and oxygen atoms in total. The number of carbonyl (C=O) groups is 1. The Labute approximate surface area is 117 Å². The number of nitrogens with one attached hydrogen (secondary N) is 1. The molecule has 0 unspecified atom stereocenters. The van der Waals surface area contributed by atoms with Crippen molar-refractivity contribution in [2.75, 3.05) is 5.32 Å². The molecule has 0 fully saturated rings. The smallest absolute Gasteiger partial charge is 0.244 e. The van der Waals surface area contributed by atoms with Crippen molar-refractivity contribution in [3.8, 4) is 6.07 Å². The number of hydrogen-bond donors (Lipinski definition) is 1. The van der Waals surface area contributed by atoms with Gasteiger partial charge in [-0.15, -0.1) is 0 Å². The van der Waals surface area contributed by atoms with Gasteiger partial charge in [-0.2, -0.15) is 5.26 Å². The molecule has 0 aliphatic heterocycles. The molecule has 20 heavy (non-hydrogen) atoms. The average molecular weight is 280 g/mol. The van der Waals surface area contributed by atoms with Crippen molar-refractivity contribution in [2.45, 2.75) is 39.5 Å². The Kier molecular flexibility index (Phi) is 5.63. The minimum absolute atomic E-state index is 0.234. The Balaban J connectivity index is 3.02. The van der Waals surface area contributed by atoms with Crippen LogP contribution in [0.15, 0.2) is 18.2 Å². The Morgan fingerprint density at radius 1 is 1.30 bits per heavy atom. The monoisotopic (exact) mass is 280 g/mol. The number of nitriles is 1. The molecule has 0 spiro atoms. The number of halogens is 2. The van der Waals surface area contributed by atoms with E-state index in [1.165, 1.54) is 0 Å². The van der Waals surface area contributed by atoms with Crippen molar-refractivity contribution in [1.29, 1.82) is 5.26 Å². The highest BCUT2D eigenvalue weighted by Gasteiger charge is 2.37. The van der Waals surface area contributed by atoms with Crippen LogP contribution in [0.3, 0.4) is 0 Å². The van der Waals surface area contributed by atoms with E-state index in [1.54, 1.807) is 0 Å². The third kappa shape index (κ3) is 3.53. The van der Waals surface area contributed by atoms with Gasteiger partial charge in [-0.1, -0.05) is 26.7 Å². The first-order valence-corrected chi connectivity index (χ1v) is 6.67. The molecule has 5 heteroatoms. The van der Waals surface area contributed by atoms with Crippen LogP contribution in [-0.2, 0) is 4.79 Å². The van der Waals surface area contributed by atoms with E-state index in [2.05, 4.69) is 5.32 Å². The van der Waals surface area contributed by atoms with Gasteiger partial charge in [0.05, 0.1) is 11.8 Å². The van der Waals surface area contributed by atoms with Crippen molar-refractivity contribution < 1.29 is 13.6 Å². The van der Waals surface area contributed by atoms with Crippen LogP contribution < -0.4 is 5.32 Å².